The maximum atomic E-state index is 10.7. The van der Waals surface area contributed by atoms with Crippen LogP contribution in [0, 0.1) is 5.92 Å². The summed E-state index contributed by atoms with van der Waals surface area (Å²) in [4.78, 5) is 10.7. The number of carbonyl (C=O) groups is 1. The van der Waals surface area contributed by atoms with Gasteiger partial charge in [0.2, 0.25) is 0 Å². The molecule has 0 aliphatic rings. The third-order valence-electron chi connectivity index (χ3n) is 2.09. The molecular formula is C9H17NO3S. The van der Waals surface area contributed by atoms with E-state index in [9.17, 15) is 9.00 Å². The Kier molecular flexibility index (Phi) is 7.10. The molecule has 0 saturated heterocycles. The zero-order valence-corrected chi connectivity index (χ0v) is 9.39. The van der Waals surface area contributed by atoms with Crippen molar-refractivity contribution in [2.75, 3.05) is 0 Å². The number of hydrogen-bond acceptors (Lipinski definition) is 2. The van der Waals surface area contributed by atoms with Crippen molar-refractivity contribution in [3.8, 4) is 0 Å². The van der Waals surface area contributed by atoms with Gasteiger partial charge in [0.25, 0.3) is 0 Å². The lowest BCUT2D eigenvalue weighted by Gasteiger charge is -2.14. The van der Waals surface area contributed by atoms with Gasteiger partial charge in [0, 0.05) is 5.92 Å². The van der Waals surface area contributed by atoms with Gasteiger partial charge in [0.1, 0.15) is 16.2 Å². The van der Waals surface area contributed by atoms with Crippen molar-refractivity contribution in [2.24, 2.45) is 5.92 Å². The quantitative estimate of drug-likeness (QED) is 0.693. The molecule has 0 spiro atoms. The molecule has 0 fully saturated rings. The maximum absolute atomic E-state index is 10.7. The topological polar surface area (TPSA) is 66.4 Å². The van der Waals surface area contributed by atoms with E-state index < -0.39 is 6.09 Å². The minimum absolute atomic E-state index is 0.0635. The van der Waals surface area contributed by atoms with Crippen molar-refractivity contribution in [1.82, 2.24) is 5.32 Å². The lowest BCUT2D eigenvalue weighted by Crippen LogP contribution is -2.34. The SMILES string of the molecule is CCCCC(CC)C(NC(=O)O)=S=O. The average molecular weight is 219 g/mol. The van der Waals surface area contributed by atoms with Crippen LogP contribution in [0.5, 0.6) is 0 Å². The number of unbranched alkanes of at least 4 members (excludes halogenated alkanes) is 1. The minimum Gasteiger partial charge on any atom is -0.465 e. The summed E-state index contributed by atoms with van der Waals surface area (Å²) in [6, 6.07) is 0. The van der Waals surface area contributed by atoms with Crippen LogP contribution in [0.2, 0.25) is 0 Å². The van der Waals surface area contributed by atoms with E-state index in [1.54, 1.807) is 0 Å². The highest BCUT2D eigenvalue weighted by Crippen LogP contribution is 2.12. The molecule has 0 aromatic heterocycles. The second-order valence-electron chi connectivity index (χ2n) is 3.13. The zero-order valence-electron chi connectivity index (χ0n) is 8.58. The fourth-order valence-corrected chi connectivity index (χ4v) is 1.82. The van der Waals surface area contributed by atoms with E-state index in [4.69, 9.17) is 5.11 Å². The van der Waals surface area contributed by atoms with Crippen LogP contribution < -0.4 is 5.32 Å². The van der Waals surface area contributed by atoms with Gasteiger partial charge in [0.15, 0.2) is 0 Å². The molecule has 0 rings (SSSR count). The molecule has 0 aliphatic heterocycles. The van der Waals surface area contributed by atoms with Gasteiger partial charge in [0.05, 0.1) is 0 Å². The summed E-state index contributed by atoms with van der Waals surface area (Å²) in [6.45, 7) is 4.03. The second-order valence-corrected chi connectivity index (χ2v) is 3.73. The zero-order chi connectivity index (χ0) is 11.0. The highest BCUT2D eigenvalue weighted by atomic mass is 32.1. The molecule has 1 unspecified atom stereocenters. The molecule has 5 heteroatoms. The summed E-state index contributed by atoms with van der Waals surface area (Å²) >= 11 is 0.256. The van der Waals surface area contributed by atoms with Crippen molar-refractivity contribution < 1.29 is 14.1 Å². The van der Waals surface area contributed by atoms with E-state index in [1.165, 1.54) is 0 Å². The van der Waals surface area contributed by atoms with Crippen LogP contribution in [0.1, 0.15) is 39.5 Å². The molecule has 0 aromatic rings. The summed E-state index contributed by atoms with van der Waals surface area (Å²) in [5.41, 5.74) is 0. The standard InChI is InChI=1S/C9H17NO3S/c1-3-5-6-7(4-2)8(14-13)10-9(11)12/h7,10H,3-6H2,1-2H3,(H,11,12). The smallest absolute Gasteiger partial charge is 0.409 e. The number of carboxylic acid groups (broad SMARTS) is 1. The van der Waals surface area contributed by atoms with Gasteiger partial charge < -0.3 is 5.11 Å². The Morgan fingerprint density at radius 2 is 2.14 bits per heavy atom. The predicted molar refractivity (Wildman–Crippen MR) is 57.6 cm³/mol. The fourth-order valence-electron chi connectivity index (χ4n) is 1.27. The molecule has 0 aliphatic carbocycles. The minimum atomic E-state index is -1.15. The predicted octanol–water partition coefficient (Wildman–Crippen LogP) is 1.81. The van der Waals surface area contributed by atoms with Crippen LogP contribution in [-0.4, -0.2) is 20.4 Å². The van der Waals surface area contributed by atoms with E-state index in [1.807, 2.05) is 6.92 Å². The lowest BCUT2D eigenvalue weighted by atomic mass is 9.99. The molecule has 1 amide bonds. The molecule has 0 aromatic carbocycles. The van der Waals surface area contributed by atoms with Crippen molar-refractivity contribution in [1.29, 1.82) is 0 Å². The Labute approximate surface area is 87.8 Å². The third-order valence-corrected chi connectivity index (χ3v) is 2.70. The maximum Gasteiger partial charge on any atom is 0.409 e. The van der Waals surface area contributed by atoms with Crippen LogP contribution >= 0.6 is 0 Å². The van der Waals surface area contributed by atoms with Gasteiger partial charge in [-0.2, -0.15) is 0 Å². The van der Waals surface area contributed by atoms with Crippen LogP contribution in [0.25, 0.3) is 0 Å². The van der Waals surface area contributed by atoms with Crippen molar-refractivity contribution >= 4 is 22.3 Å². The first-order chi connectivity index (χ1) is 6.65. The van der Waals surface area contributed by atoms with Crippen molar-refractivity contribution in [2.45, 2.75) is 39.5 Å². The molecular weight excluding hydrogens is 202 g/mol. The molecule has 0 radical (unpaired) electrons. The van der Waals surface area contributed by atoms with Crippen LogP contribution in [-0.2, 0) is 11.3 Å². The summed E-state index contributed by atoms with van der Waals surface area (Å²) < 4.78 is 10.7. The lowest BCUT2D eigenvalue weighted by molar-refractivity contribution is 0.200. The largest absolute Gasteiger partial charge is 0.465 e. The first kappa shape index (κ1) is 13.2. The van der Waals surface area contributed by atoms with E-state index in [2.05, 4.69) is 12.2 Å². The monoisotopic (exact) mass is 219 g/mol. The molecule has 2 N–H and O–H groups in total. The van der Waals surface area contributed by atoms with E-state index >= 15 is 0 Å². The summed E-state index contributed by atoms with van der Waals surface area (Å²) in [5.74, 6) is 0.0635. The van der Waals surface area contributed by atoms with E-state index in [0.717, 1.165) is 25.7 Å². The van der Waals surface area contributed by atoms with Gasteiger partial charge >= 0.3 is 6.09 Å². The summed E-state index contributed by atoms with van der Waals surface area (Å²) in [5, 5.41) is 10.7. The highest BCUT2D eigenvalue weighted by Gasteiger charge is 2.15. The number of nitrogens with one attached hydrogen (secondary N) is 1. The third kappa shape index (κ3) is 5.01. The van der Waals surface area contributed by atoms with Gasteiger partial charge in [-0.15, -0.1) is 0 Å². The van der Waals surface area contributed by atoms with Gasteiger partial charge in [-0.05, 0) is 12.8 Å². The average Bonchev–Trinajstić information content (AvgIpc) is 2.16. The molecule has 0 heterocycles. The number of rotatable bonds is 5. The van der Waals surface area contributed by atoms with Crippen molar-refractivity contribution in [3.63, 3.8) is 0 Å². The van der Waals surface area contributed by atoms with Gasteiger partial charge in [-0.1, -0.05) is 26.7 Å². The molecule has 82 valence electrons. The summed E-state index contributed by atoms with van der Waals surface area (Å²) in [6.07, 6.45) is 2.59. The first-order valence-corrected chi connectivity index (χ1v) is 5.56. The summed E-state index contributed by atoms with van der Waals surface area (Å²) in [7, 11) is 0. The Balaban J connectivity index is 4.31. The Hall–Kier alpha value is -0.840. The van der Waals surface area contributed by atoms with Gasteiger partial charge in [-0.25, -0.2) is 9.00 Å². The molecule has 14 heavy (non-hydrogen) atoms. The van der Waals surface area contributed by atoms with Gasteiger partial charge in [-0.3, -0.25) is 5.32 Å². The second kappa shape index (κ2) is 7.55. The van der Waals surface area contributed by atoms with E-state index in [0.29, 0.717) is 4.99 Å². The van der Waals surface area contributed by atoms with Crippen molar-refractivity contribution in [3.05, 3.63) is 0 Å². The van der Waals surface area contributed by atoms with E-state index in [-0.39, 0.29) is 17.2 Å². The fraction of sp³-hybridized carbons (Fsp3) is 0.778. The Morgan fingerprint density at radius 1 is 1.50 bits per heavy atom. The first-order valence-electron chi connectivity index (χ1n) is 4.82. The van der Waals surface area contributed by atoms with Crippen LogP contribution in [0.3, 0.4) is 0 Å². The number of hydrogen-bond donors (Lipinski definition) is 2. The Morgan fingerprint density at radius 3 is 2.50 bits per heavy atom. The molecule has 1 atom stereocenters. The Bertz CT molecular complexity index is 236. The highest BCUT2D eigenvalue weighted by molar-refractivity contribution is 7.66. The normalized spacial score (nSPS) is 11.9. The van der Waals surface area contributed by atoms with Crippen LogP contribution in [0.4, 0.5) is 4.79 Å². The molecule has 4 nitrogen and oxygen atoms in total. The molecule has 0 bridgehead atoms. The van der Waals surface area contributed by atoms with Crippen LogP contribution in [0.15, 0.2) is 0 Å². The molecule has 0 saturated carbocycles. The number of amides is 1.